The average Bonchev–Trinajstić information content (AvgIpc) is 3.21. The number of aldehydes is 1. The number of aromatic nitrogens is 1. The Morgan fingerprint density at radius 3 is 2.58 bits per heavy atom. The molecule has 2 heterocycles. The lowest BCUT2D eigenvalue weighted by Gasteiger charge is -2.33. The zero-order chi connectivity index (χ0) is 23.5. The fraction of sp³-hybridized carbons (Fsp3) is 0.407. The van der Waals surface area contributed by atoms with Crippen molar-refractivity contribution in [2.75, 3.05) is 40.8 Å². The van der Waals surface area contributed by atoms with Crippen LogP contribution in [0.15, 0.2) is 36.4 Å². The Hall–Kier alpha value is -3.12. The van der Waals surface area contributed by atoms with Gasteiger partial charge < -0.3 is 19.5 Å². The Labute approximate surface area is 195 Å². The van der Waals surface area contributed by atoms with Gasteiger partial charge in [-0.15, -0.1) is 0 Å². The van der Waals surface area contributed by atoms with E-state index in [1.54, 1.807) is 7.11 Å². The van der Waals surface area contributed by atoms with Gasteiger partial charge >= 0.3 is 0 Å². The Balaban J connectivity index is 1.60. The van der Waals surface area contributed by atoms with Gasteiger partial charge in [-0.25, -0.2) is 0 Å². The predicted octanol–water partition coefficient (Wildman–Crippen LogP) is 4.49. The summed E-state index contributed by atoms with van der Waals surface area (Å²) in [5.74, 6) is 1.26. The zero-order valence-electron chi connectivity index (χ0n) is 20.0. The van der Waals surface area contributed by atoms with Crippen LogP contribution >= 0.6 is 0 Å². The molecular weight excluding hydrogens is 414 g/mol. The molecule has 0 saturated carbocycles. The number of carbonyl (C=O) groups excluding carboxylic acids is 2. The van der Waals surface area contributed by atoms with Gasteiger partial charge in [-0.3, -0.25) is 9.59 Å². The summed E-state index contributed by atoms with van der Waals surface area (Å²) in [6.45, 7) is 4.26. The van der Waals surface area contributed by atoms with Crippen LogP contribution in [0.3, 0.4) is 0 Å². The number of carbonyl (C=O) groups is 2. The van der Waals surface area contributed by atoms with Gasteiger partial charge in [0.25, 0.3) is 0 Å². The highest BCUT2D eigenvalue weighted by atomic mass is 16.5. The molecule has 33 heavy (non-hydrogen) atoms. The van der Waals surface area contributed by atoms with E-state index in [4.69, 9.17) is 4.74 Å². The van der Waals surface area contributed by atoms with E-state index in [2.05, 4.69) is 30.1 Å². The molecule has 0 aliphatic carbocycles. The molecule has 4 rings (SSSR count). The maximum atomic E-state index is 12.4. The molecule has 1 amide bonds. The van der Waals surface area contributed by atoms with Gasteiger partial charge in [0.2, 0.25) is 5.91 Å². The zero-order valence-corrected chi connectivity index (χ0v) is 20.0. The number of hydrogen-bond donors (Lipinski definition) is 1. The number of likely N-dealkylation sites (tertiary alicyclic amines) is 1. The molecule has 1 fully saturated rings. The number of hydrogen-bond acceptors (Lipinski definition) is 4. The molecule has 6 heteroatoms. The number of benzene rings is 2. The van der Waals surface area contributed by atoms with Gasteiger partial charge in [0.1, 0.15) is 5.75 Å². The fourth-order valence-electron chi connectivity index (χ4n) is 4.95. The molecule has 1 saturated heterocycles. The van der Waals surface area contributed by atoms with E-state index in [9.17, 15) is 9.59 Å². The van der Waals surface area contributed by atoms with Crippen LogP contribution in [0.25, 0.3) is 22.2 Å². The monoisotopic (exact) mass is 447 g/mol. The molecule has 2 aromatic carbocycles. The predicted molar refractivity (Wildman–Crippen MR) is 132 cm³/mol. The summed E-state index contributed by atoms with van der Waals surface area (Å²) in [6, 6.07) is 12.4. The molecule has 1 N–H and O–H groups in total. The van der Waals surface area contributed by atoms with E-state index < -0.39 is 0 Å². The summed E-state index contributed by atoms with van der Waals surface area (Å²) >= 11 is 0. The van der Waals surface area contributed by atoms with Crippen molar-refractivity contribution in [1.82, 2.24) is 14.8 Å². The normalized spacial score (nSPS) is 14.8. The standard InChI is InChI=1S/C27H33N3O3/c1-5-22-23-15-19(18-10-12-30(13-11-18)26(32)16-29(2)3)6-8-24(23)28-27(22)20-7-9-25(33-4)21(14-20)17-31/h6-9,14-15,17-18,28H,5,10-13,16H2,1-4H3. The molecule has 174 valence electrons. The first-order chi connectivity index (χ1) is 15.9. The van der Waals surface area contributed by atoms with E-state index in [0.29, 0.717) is 23.8 Å². The Bertz CT molecular complexity index is 1160. The molecule has 1 aliphatic heterocycles. The number of piperidine rings is 1. The number of nitrogens with zero attached hydrogens (tertiary/aromatic N) is 2. The van der Waals surface area contributed by atoms with Crippen molar-refractivity contribution in [2.24, 2.45) is 0 Å². The van der Waals surface area contributed by atoms with E-state index >= 15 is 0 Å². The second kappa shape index (κ2) is 9.79. The van der Waals surface area contributed by atoms with Crippen LogP contribution in [0.2, 0.25) is 0 Å². The number of amides is 1. The SMILES string of the molecule is CCc1c(-c2ccc(OC)c(C=O)c2)[nH]c2ccc(C3CCN(C(=O)CN(C)C)CC3)cc12. The van der Waals surface area contributed by atoms with Crippen molar-refractivity contribution in [3.05, 3.63) is 53.1 Å². The van der Waals surface area contributed by atoms with Gasteiger partial charge in [0.15, 0.2) is 6.29 Å². The van der Waals surface area contributed by atoms with Gasteiger partial charge in [0, 0.05) is 29.7 Å². The van der Waals surface area contributed by atoms with Gasteiger partial charge in [0.05, 0.1) is 19.2 Å². The lowest BCUT2D eigenvalue weighted by Crippen LogP contribution is -2.42. The number of ether oxygens (including phenoxy) is 1. The van der Waals surface area contributed by atoms with Crippen molar-refractivity contribution in [1.29, 1.82) is 0 Å². The van der Waals surface area contributed by atoms with Crippen LogP contribution in [0, 0.1) is 0 Å². The van der Waals surface area contributed by atoms with E-state index in [0.717, 1.165) is 55.4 Å². The fourth-order valence-corrected chi connectivity index (χ4v) is 4.95. The van der Waals surface area contributed by atoms with Crippen LogP contribution in [-0.4, -0.2) is 67.8 Å². The summed E-state index contributed by atoms with van der Waals surface area (Å²) in [5.41, 5.74) is 6.29. The van der Waals surface area contributed by atoms with E-state index in [1.807, 2.05) is 42.1 Å². The first-order valence-corrected chi connectivity index (χ1v) is 11.7. The van der Waals surface area contributed by atoms with Crippen molar-refractivity contribution in [3.63, 3.8) is 0 Å². The molecule has 3 aromatic rings. The van der Waals surface area contributed by atoms with Gasteiger partial charge in [-0.1, -0.05) is 13.0 Å². The second-order valence-corrected chi connectivity index (χ2v) is 9.10. The minimum absolute atomic E-state index is 0.214. The third-order valence-corrected chi connectivity index (χ3v) is 6.70. The Morgan fingerprint density at radius 2 is 1.94 bits per heavy atom. The van der Waals surface area contributed by atoms with Crippen molar-refractivity contribution in [2.45, 2.75) is 32.1 Å². The average molecular weight is 448 g/mol. The largest absolute Gasteiger partial charge is 0.496 e. The molecule has 0 bridgehead atoms. The number of aryl methyl sites for hydroxylation is 1. The van der Waals surface area contributed by atoms with Crippen LogP contribution in [0.4, 0.5) is 0 Å². The molecule has 1 aliphatic rings. The second-order valence-electron chi connectivity index (χ2n) is 9.10. The summed E-state index contributed by atoms with van der Waals surface area (Å²) in [4.78, 5) is 31.4. The molecule has 0 spiro atoms. The minimum Gasteiger partial charge on any atom is -0.496 e. The maximum absolute atomic E-state index is 12.4. The smallest absolute Gasteiger partial charge is 0.236 e. The first-order valence-electron chi connectivity index (χ1n) is 11.7. The maximum Gasteiger partial charge on any atom is 0.236 e. The van der Waals surface area contributed by atoms with Crippen LogP contribution in [0.1, 0.15) is 47.2 Å². The minimum atomic E-state index is 0.214. The Kier molecular flexibility index (Phi) is 6.84. The highest BCUT2D eigenvalue weighted by Gasteiger charge is 2.24. The Morgan fingerprint density at radius 1 is 1.18 bits per heavy atom. The van der Waals surface area contributed by atoms with Crippen molar-refractivity contribution in [3.8, 4) is 17.0 Å². The molecule has 0 radical (unpaired) electrons. The first kappa shape index (κ1) is 23.1. The topological polar surface area (TPSA) is 65.6 Å². The number of rotatable bonds is 7. The highest BCUT2D eigenvalue weighted by molar-refractivity contribution is 5.92. The number of aromatic amines is 1. The number of H-pyrrole nitrogens is 1. The number of likely N-dealkylation sites (N-methyl/N-ethyl adjacent to an activating group) is 1. The van der Waals surface area contributed by atoms with Crippen LogP contribution in [-0.2, 0) is 11.2 Å². The lowest BCUT2D eigenvalue weighted by atomic mass is 9.88. The highest BCUT2D eigenvalue weighted by Crippen LogP contribution is 2.36. The molecule has 0 atom stereocenters. The van der Waals surface area contributed by atoms with E-state index in [1.165, 1.54) is 16.5 Å². The van der Waals surface area contributed by atoms with Gasteiger partial charge in [-0.05, 0) is 86.3 Å². The lowest BCUT2D eigenvalue weighted by molar-refractivity contribution is -0.132. The van der Waals surface area contributed by atoms with E-state index in [-0.39, 0.29) is 5.91 Å². The van der Waals surface area contributed by atoms with Gasteiger partial charge in [-0.2, -0.15) is 0 Å². The summed E-state index contributed by atoms with van der Waals surface area (Å²) in [7, 11) is 5.44. The molecular formula is C27H33N3O3. The third kappa shape index (κ3) is 4.67. The molecule has 1 aromatic heterocycles. The third-order valence-electron chi connectivity index (χ3n) is 6.70. The molecule has 0 unspecified atom stereocenters. The summed E-state index contributed by atoms with van der Waals surface area (Å²) < 4.78 is 5.30. The quantitative estimate of drug-likeness (QED) is 0.542. The summed E-state index contributed by atoms with van der Waals surface area (Å²) in [6.07, 6.45) is 3.71. The van der Waals surface area contributed by atoms with Crippen molar-refractivity contribution < 1.29 is 14.3 Å². The number of fused-ring (bicyclic) bond motifs is 1. The number of methoxy groups -OCH3 is 1. The van der Waals surface area contributed by atoms with Crippen LogP contribution < -0.4 is 4.74 Å². The summed E-state index contributed by atoms with van der Waals surface area (Å²) in [5, 5.41) is 1.24. The number of nitrogens with one attached hydrogen (secondary N) is 1. The molecule has 6 nitrogen and oxygen atoms in total. The van der Waals surface area contributed by atoms with Crippen LogP contribution in [0.5, 0.6) is 5.75 Å². The van der Waals surface area contributed by atoms with Crippen molar-refractivity contribution >= 4 is 23.1 Å².